The lowest BCUT2D eigenvalue weighted by molar-refractivity contribution is 0.157. The van der Waals surface area contributed by atoms with Crippen LogP contribution in [-0.2, 0) is 6.42 Å². The highest BCUT2D eigenvalue weighted by atomic mass is 35.5. The zero-order valence-electron chi connectivity index (χ0n) is 12.0. The zero-order chi connectivity index (χ0) is 16.6. The Morgan fingerprint density at radius 3 is 2.78 bits per heavy atom. The number of aromatic nitrogens is 2. The minimum Gasteiger partial charge on any atom is -0.427 e. The van der Waals surface area contributed by atoms with E-state index in [2.05, 4.69) is 4.98 Å². The molecule has 1 aliphatic carbocycles. The summed E-state index contributed by atoms with van der Waals surface area (Å²) in [4.78, 5) is 4.25. The molecule has 23 heavy (non-hydrogen) atoms. The predicted molar refractivity (Wildman–Crippen MR) is 87.3 cm³/mol. The van der Waals surface area contributed by atoms with Crippen molar-refractivity contribution in [3.05, 3.63) is 56.4 Å². The van der Waals surface area contributed by atoms with E-state index >= 15 is 0 Å². The Labute approximate surface area is 142 Å². The van der Waals surface area contributed by atoms with Gasteiger partial charge in [-0.2, -0.15) is 9.99 Å². The third-order valence-corrected chi connectivity index (χ3v) is 4.48. The second kappa shape index (κ2) is 6.07. The summed E-state index contributed by atoms with van der Waals surface area (Å²) >= 11 is 12.0. The normalized spacial score (nSPS) is 15.3. The summed E-state index contributed by atoms with van der Waals surface area (Å²) in [7, 11) is 0. The molecule has 5 nitrogen and oxygen atoms in total. The number of hydrogen-bond acceptors (Lipinski definition) is 4. The van der Waals surface area contributed by atoms with Gasteiger partial charge in [-0.3, -0.25) is 5.41 Å². The summed E-state index contributed by atoms with van der Waals surface area (Å²) in [6, 6.07) is 7.15. The SMILES string of the molecule is N#Cc1nc2c(n(O)c1=N)CCC/C2=C\c1ccc(Cl)c(Cl)c1. The minimum atomic E-state index is -0.290. The zero-order valence-corrected chi connectivity index (χ0v) is 13.5. The van der Waals surface area contributed by atoms with Gasteiger partial charge in [0.25, 0.3) is 0 Å². The molecule has 0 radical (unpaired) electrons. The average Bonchev–Trinajstić information content (AvgIpc) is 2.55. The molecule has 0 fully saturated rings. The second-order valence-corrected chi connectivity index (χ2v) is 6.04. The number of halogens is 2. The van der Waals surface area contributed by atoms with Crippen LogP contribution in [0.1, 0.15) is 35.5 Å². The van der Waals surface area contributed by atoms with Gasteiger partial charge in [-0.25, -0.2) is 4.98 Å². The number of rotatable bonds is 1. The van der Waals surface area contributed by atoms with E-state index in [4.69, 9.17) is 33.9 Å². The van der Waals surface area contributed by atoms with Crippen molar-refractivity contribution in [2.75, 3.05) is 0 Å². The first kappa shape index (κ1) is 15.6. The van der Waals surface area contributed by atoms with Crippen LogP contribution < -0.4 is 5.49 Å². The molecule has 1 heterocycles. The van der Waals surface area contributed by atoms with Crippen LogP contribution in [0.25, 0.3) is 11.6 Å². The topological polar surface area (TPSA) is 85.7 Å². The molecule has 2 N–H and O–H groups in total. The number of nitrogens with zero attached hydrogens (tertiary/aromatic N) is 3. The standard InChI is InChI=1S/C16H12Cl2N4O/c17-11-5-4-9(7-12(11)18)6-10-2-1-3-14-15(10)21-13(8-19)16(20)22(14)23/h4-7,20,23H,1-3H2/b10-6+,20-16?. The Kier molecular flexibility index (Phi) is 4.12. The van der Waals surface area contributed by atoms with Crippen LogP contribution in [0.5, 0.6) is 0 Å². The molecular weight excluding hydrogens is 335 g/mol. The fourth-order valence-corrected chi connectivity index (χ4v) is 2.94. The van der Waals surface area contributed by atoms with E-state index in [1.54, 1.807) is 12.1 Å². The van der Waals surface area contributed by atoms with E-state index in [-0.39, 0.29) is 11.2 Å². The number of benzene rings is 1. The maximum absolute atomic E-state index is 10.1. The summed E-state index contributed by atoms with van der Waals surface area (Å²) in [5.41, 5.74) is 2.46. The van der Waals surface area contributed by atoms with Crippen LogP contribution in [0.2, 0.25) is 10.0 Å². The molecule has 0 saturated heterocycles. The highest BCUT2D eigenvalue weighted by Crippen LogP contribution is 2.31. The third-order valence-electron chi connectivity index (χ3n) is 3.74. The lowest BCUT2D eigenvalue weighted by Gasteiger charge is -2.20. The van der Waals surface area contributed by atoms with Crippen LogP contribution in [0.4, 0.5) is 0 Å². The highest BCUT2D eigenvalue weighted by Gasteiger charge is 2.21. The first-order valence-electron chi connectivity index (χ1n) is 6.97. The van der Waals surface area contributed by atoms with Gasteiger partial charge in [0.2, 0.25) is 0 Å². The van der Waals surface area contributed by atoms with Crippen LogP contribution in [0.3, 0.4) is 0 Å². The van der Waals surface area contributed by atoms with Crippen molar-refractivity contribution in [1.82, 2.24) is 9.71 Å². The van der Waals surface area contributed by atoms with Crippen molar-refractivity contribution in [2.45, 2.75) is 19.3 Å². The number of allylic oxidation sites excluding steroid dienone is 1. The molecule has 0 atom stereocenters. The second-order valence-electron chi connectivity index (χ2n) is 5.22. The molecule has 1 aromatic heterocycles. The Balaban J connectivity index is 2.16. The molecule has 1 aliphatic rings. The fraction of sp³-hybridized carbons (Fsp3) is 0.188. The van der Waals surface area contributed by atoms with Crippen LogP contribution in [0.15, 0.2) is 18.2 Å². The summed E-state index contributed by atoms with van der Waals surface area (Å²) in [6.45, 7) is 0. The summed E-state index contributed by atoms with van der Waals surface area (Å²) < 4.78 is 0.753. The smallest absolute Gasteiger partial charge is 0.197 e. The van der Waals surface area contributed by atoms with Gasteiger partial charge in [-0.1, -0.05) is 29.3 Å². The molecule has 0 bridgehead atoms. The van der Waals surface area contributed by atoms with E-state index in [0.717, 1.165) is 28.7 Å². The maximum atomic E-state index is 10.1. The van der Waals surface area contributed by atoms with Gasteiger partial charge >= 0.3 is 0 Å². The van der Waals surface area contributed by atoms with Crippen molar-refractivity contribution in [3.63, 3.8) is 0 Å². The summed E-state index contributed by atoms with van der Waals surface area (Å²) in [6.07, 6.45) is 4.11. The van der Waals surface area contributed by atoms with E-state index < -0.39 is 0 Å². The quantitative estimate of drug-likeness (QED) is 0.772. The molecule has 0 unspecified atom stereocenters. The van der Waals surface area contributed by atoms with E-state index in [9.17, 15) is 5.21 Å². The van der Waals surface area contributed by atoms with Gasteiger partial charge in [0.15, 0.2) is 11.2 Å². The van der Waals surface area contributed by atoms with Gasteiger partial charge in [0.05, 0.1) is 21.4 Å². The first-order valence-corrected chi connectivity index (χ1v) is 7.72. The molecule has 2 aromatic rings. The highest BCUT2D eigenvalue weighted by molar-refractivity contribution is 6.42. The van der Waals surface area contributed by atoms with Crippen LogP contribution in [0, 0.1) is 16.7 Å². The predicted octanol–water partition coefficient (Wildman–Crippen LogP) is 3.66. The van der Waals surface area contributed by atoms with Crippen molar-refractivity contribution in [2.24, 2.45) is 0 Å². The van der Waals surface area contributed by atoms with Crippen molar-refractivity contribution < 1.29 is 5.21 Å². The van der Waals surface area contributed by atoms with Gasteiger partial charge < -0.3 is 5.21 Å². The van der Waals surface area contributed by atoms with Crippen LogP contribution >= 0.6 is 23.2 Å². The Bertz CT molecular complexity index is 925. The van der Waals surface area contributed by atoms with E-state index in [0.29, 0.717) is 27.9 Å². The fourth-order valence-electron chi connectivity index (χ4n) is 2.63. The van der Waals surface area contributed by atoms with Gasteiger partial charge in [-0.05, 0) is 48.6 Å². The number of nitrogens with one attached hydrogen (secondary N) is 1. The Hall–Kier alpha value is -2.29. The number of hydrogen-bond donors (Lipinski definition) is 2. The molecule has 0 saturated carbocycles. The minimum absolute atomic E-state index is 0.104. The van der Waals surface area contributed by atoms with E-state index in [1.807, 2.05) is 18.2 Å². The maximum Gasteiger partial charge on any atom is 0.197 e. The average molecular weight is 347 g/mol. The molecule has 0 aliphatic heterocycles. The molecule has 0 spiro atoms. The largest absolute Gasteiger partial charge is 0.427 e. The lowest BCUT2D eigenvalue weighted by atomic mass is 9.93. The lowest BCUT2D eigenvalue weighted by Crippen LogP contribution is -2.29. The first-order chi connectivity index (χ1) is 11.0. The molecule has 116 valence electrons. The molecular formula is C16H12Cl2N4O. The van der Waals surface area contributed by atoms with Gasteiger partial charge in [0.1, 0.15) is 6.07 Å². The number of nitriles is 1. The molecule has 1 aromatic carbocycles. The molecule has 0 amide bonds. The number of fused-ring (bicyclic) bond motifs is 1. The van der Waals surface area contributed by atoms with Gasteiger partial charge in [-0.15, -0.1) is 0 Å². The third kappa shape index (κ3) is 2.83. The van der Waals surface area contributed by atoms with E-state index in [1.165, 1.54) is 0 Å². The molecule has 3 rings (SSSR count). The molecule has 7 heteroatoms. The van der Waals surface area contributed by atoms with Gasteiger partial charge in [0, 0.05) is 0 Å². The Morgan fingerprint density at radius 2 is 2.09 bits per heavy atom. The van der Waals surface area contributed by atoms with Crippen LogP contribution in [-0.4, -0.2) is 14.9 Å². The van der Waals surface area contributed by atoms with Crippen molar-refractivity contribution in [3.8, 4) is 6.07 Å². The monoisotopic (exact) mass is 346 g/mol. The summed E-state index contributed by atoms with van der Waals surface area (Å²) in [5.74, 6) is 0. The summed E-state index contributed by atoms with van der Waals surface area (Å²) in [5, 5.41) is 27.9. The van der Waals surface area contributed by atoms with Crippen molar-refractivity contribution in [1.29, 1.82) is 10.7 Å². The Morgan fingerprint density at radius 1 is 1.30 bits per heavy atom. The van der Waals surface area contributed by atoms with Crippen molar-refractivity contribution >= 4 is 34.9 Å².